The first-order valence-corrected chi connectivity index (χ1v) is 9.94. The van der Waals surface area contributed by atoms with Crippen LogP contribution in [-0.2, 0) is 10.2 Å². The highest BCUT2D eigenvalue weighted by Crippen LogP contribution is 2.18. The molecule has 0 unspecified atom stereocenters. The van der Waals surface area contributed by atoms with Gasteiger partial charge in [0.25, 0.3) is 10.2 Å². The molecular weight excluding hydrogens is 286 g/mol. The van der Waals surface area contributed by atoms with Crippen LogP contribution < -0.4 is 10.0 Å². The van der Waals surface area contributed by atoms with Crippen molar-refractivity contribution in [1.82, 2.24) is 14.3 Å². The van der Waals surface area contributed by atoms with Crippen molar-refractivity contribution in [3.63, 3.8) is 0 Å². The second kappa shape index (κ2) is 10.5. The van der Waals surface area contributed by atoms with E-state index in [1.165, 1.54) is 23.6 Å². The Labute approximate surface area is 131 Å². The number of hydrogen-bond donors (Lipinski definition) is 2. The summed E-state index contributed by atoms with van der Waals surface area (Å²) in [6.45, 7) is 4.56. The molecule has 0 radical (unpaired) electrons. The fourth-order valence-electron chi connectivity index (χ4n) is 2.72. The van der Waals surface area contributed by atoms with Crippen molar-refractivity contribution in [3.8, 4) is 0 Å². The summed E-state index contributed by atoms with van der Waals surface area (Å²) in [6, 6.07) is 0.121. The van der Waals surface area contributed by atoms with Crippen molar-refractivity contribution in [2.24, 2.45) is 0 Å². The summed E-state index contributed by atoms with van der Waals surface area (Å²) in [7, 11) is -1.65. The van der Waals surface area contributed by atoms with Gasteiger partial charge < -0.3 is 5.32 Å². The van der Waals surface area contributed by atoms with Crippen molar-refractivity contribution in [2.45, 2.75) is 70.8 Å². The molecule has 0 amide bonds. The maximum Gasteiger partial charge on any atom is 0.279 e. The lowest BCUT2D eigenvalue weighted by Crippen LogP contribution is -2.44. The summed E-state index contributed by atoms with van der Waals surface area (Å²) in [6.07, 6.45) is 9.95. The van der Waals surface area contributed by atoms with Crippen LogP contribution in [0.15, 0.2) is 0 Å². The van der Waals surface area contributed by atoms with Gasteiger partial charge in [-0.25, -0.2) is 0 Å². The van der Waals surface area contributed by atoms with Crippen LogP contribution in [0.3, 0.4) is 0 Å². The van der Waals surface area contributed by atoms with Crippen molar-refractivity contribution in [1.29, 1.82) is 0 Å². The highest BCUT2D eigenvalue weighted by molar-refractivity contribution is 7.87. The Morgan fingerprint density at radius 2 is 1.67 bits per heavy atom. The van der Waals surface area contributed by atoms with Gasteiger partial charge in [-0.2, -0.15) is 17.4 Å². The van der Waals surface area contributed by atoms with Crippen LogP contribution in [0.1, 0.15) is 64.7 Å². The van der Waals surface area contributed by atoms with E-state index >= 15 is 0 Å². The molecule has 1 fully saturated rings. The zero-order valence-corrected chi connectivity index (χ0v) is 14.6. The van der Waals surface area contributed by atoms with E-state index in [9.17, 15) is 8.42 Å². The van der Waals surface area contributed by atoms with Gasteiger partial charge in [0.1, 0.15) is 0 Å². The third-order valence-electron chi connectivity index (χ3n) is 4.08. The predicted molar refractivity (Wildman–Crippen MR) is 88.6 cm³/mol. The van der Waals surface area contributed by atoms with Gasteiger partial charge in [-0.3, -0.25) is 0 Å². The van der Waals surface area contributed by atoms with Crippen molar-refractivity contribution in [2.75, 3.05) is 26.7 Å². The molecule has 0 aliphatic heterocycles. The second-order valence-corrected chi connectivity index (χ2v) is 7.90. The lowest BCUT2D eigenvalue weighted by atomic mass is 9.97. The van der Waals surface area contributed by atoms with Crippen molar-refractivity contribution >= 4 is 10.2 Å². The van der Waals surface area contributed by atoms with Crippen LogP contribution in [0.25, 0.3) is 0 Å². The minimum absolute atomic E-state index is 0.121. The lowest BCUT2D eigenvalue weighted by molar-refractivity contribution is 0.399. The van der Waals surface area contributed by atoms with Gasteiger partial charge in [-0.15, -0.1) is 0 Å². The molecule has 0 saturated heterocycles. The molecule has 0 heterocycles. The first-order valence-electron chi connectivity index (χ1n) is 8.50. The maximum absolute atomic E-state index is 12.3. The summed E-state index contributed by atoms with van der Waals surface area (Å²) >= 11 is 0. The molecule has 1 saturated carbocycles. The summed E-state index contributed by atoms with van der Waals surface area (Å²) in [4.78, 5) is 0. The molecule has 2 N–H and O–H groups in total. The van der Waals surface area contributed by atoms with E-state index in [-0.39, 0.29) is 6.04 Å². The molecule has 5 nitrogen and oxygen atoms in total. The normalized spacial score (nSPS) is 18.6. The van der Waals surface area contributed by atoms with Crippen LogP contribution in [-0.4, -0.2) is 45.4 Å². The van der Waals surface area contributed by atoms with Gasteiger partial charge in [0.15, 0.2) is 0 Å². The fourth-order valence-corrected chi connectivity index (χ4v) is 3.93. The number of nitrogens with zero attached hydrogens (tertiary/aromatic N) is 1. The second-order valence-electron chi connectivity index (χ2n) is 6.09. The van der Waals surface area contributed by atoms with E-state index in [1.54, 1.807) is 7.05 Å². The summed E-state index contributed by atoms with van der Waals surface area (Å²) in [5, 5.41) is 3.30. The quantitative estimate of drug-likeness (QED) is 0.641. The highest BCUT2D eigenvalue weighted by atomic mass is 32.2. The Morgan fingerprint density at radius 3 is 2.29 bits per heavy atom. The summed E-state index contributed by atoms with van der Waals surface area (Å²) < 4.78 is 29.0. The zero-order chi connectivity index (χ0) is 15.6. The van der Waals surface area contributed by atoms with E-state index in [1.807, 2.05) is 0 Å². The molecule has 0 spiro atoms. The first kappa shape index (κ1) is 18.9. The van der Waals surface area contributed by atoms with Crippen molar-refractivity contribution in [3.05, 3.63) is 0 Å². The number of nitrogens with one attached hydrogen (secondary N) is 2. The molecule has 21 heavy (non-hydrogen) atoms. The minimum Gasteiger partial charge on any atom is -0.317 e. The summed E-state index contributed by atoms with van der Waals surface area (Å²) in [5.74, 6) is 0. The Kier molecular flexibility index (Phi) is 9.47. The molecule has 6 heteroatoms. The van der Waals surface area contributed by atoms with E-state index in [0.717, 1.165) is 51.6 Å². The van der Waals surface area contributed by atoms with Crippen LogP contribution in [0.4, 0.5) is 0 Å². The van der Waals surface area contributed by atoms with Crippen LogP contribution in [0, 0.1) is 0 Å². The third kappa shape index (κ3) is 8.14. The Balaban J connectivity index is 2.32. The number of rotatable bonds is 9. The molecule has 0 aromatic heterocycles. The Bertz CT molecular complexity index is 352. The zero-order valence-electron chi connectivity index (χ0n) is 13.7. The van der Waals surface area contributed by atoms with E-state index in [2.05, 4.69) is 17.0 Å². The molecule has 0 atom stereocenters. The average Bonchev–Trinajstić information content (AvgIpc) is 2.41. The molecule has 1 aliphatic carbocycles. The molecule has 1 aliphatic rings. The smallest absolute Gasteiger partial charge is 0.279 e. The Morgan fingerprint density at radius 1 is 1.05 bits per heavy atom. The Hall–Kier alpha value is -0.170. The van der Waals surface area contributed by atoms with Gasteiger partial charge in [-0.05, 0) is 38.8 Å². The van der Waals surface area contributed by atoms with Crippen LogP contribution >= 0.6 is 0 Å². The standard InChI is InChI=1S/C15H33N3O2S/c1-3-12-16-13-9-14-18(2)21(19,20)17-15-10-7-5-4-6-8-11-15/h15-17H,3-14H2,1-2H3. The summed E-state index contributed by atoms with van der Waals surface area (Å²) in [5.41, 5.74) is 0. The molecule has 0 aromatic carbocycles. The van der Waals surface area contributed by atoms with E-state index < -0.39 is 10.2 Å². The molecule has 1 rings (SSSR count). The predicted octanol–water partition coefficient (Wildman–Crippen LogP) is 2.26. The average molecular weight is 320 g/mol. The highest BCUT2D eigenvalue weighted by Gasteiger charge is 2.22. The van der Waals surface area contributed by atoms with Gasteiger partial charge >= 0.3 is 0 Å². The molecule has 0 aromatic rings. The van der Waals surface area contributed by atoms with Crippen molar-refractivity contribution < 1.29 is 8.42 Å². The first-order chi connectivity index (χ1) is 10.1. The maximum atomic E-state index is 12.3. The van der Waals surface area contributed by atoms with Gasteiger partial charge in [-0.1, -0.05) is 39.0 Å². The monoisotopic (exact) mass is 319 g/mol. The largest absolute Gasteiger partial charge is 0.317 e. The number of hydrogen-bond acceptors (Lipinski definition) is 3. The fraction of sp³-hybridized carbons (Fsp3) is 1.00. The van der Waals surface area contributed by atoms with E-state index in [4.69, 9.17) is 0 Å². The topological polar surface area (TPSA) is 61.4 Å². The van der Waals surface area contributed by atoms with Gasteiger partial charge in [0.2, 0.25) is 0 Å². The molecule has 0 bridgehead atoms. The lowest BCUT2D eigenvalue weighted by Gasteiger charge is -2.24. The van der Waals surface area contributed by atoms with E-state index in [0.29, 0.717) is 6.54 Å². The SMILES string of the molecule is CCCNCCCN(C)S(=O)(=O)NC1CCCCCCC1. The van der Waals surface area contributed by atoms with Crippen LogP contribution in [0.2, 0.25) is 0 Å². The van der Waals surface area contributed by atoms with Gasteiger partial charge in [0.05, 0.1) is 0 Å². The third-order valence-corrected chi connectivity index (χ3v) is 5.72. The van der Waals surface area contributed by atoms with Crippen LogP contribution in [0.5, 0.6) is 0 Å². The molecular formula is C15H33N3O2S. The minimum atomic E-state index is -3.33. The van der Waals surface area contributed by atoms with Gasteiger partial charge in [0, 0.05) is 19.6 Å². The molecule has 126 valence electrons.